The molecular formula is C10H10O3. The molecule has 0 saturated heterocycles. The molecule has 0 aliphatic carbocycles. The van der Waals surface area contributed by atoms with E-state index in [1.54, 1.807) is 19.1 Å². The monoisotopic (exact) mass is 178 g/mol. The van der Waals surface area contributed by atoms with Crippen LogP contribution in [0.2, 0.25) is 0 Å². The van der Waals surface area contributed by atoms with Crippen LogP contribution in [0.25, 0.3) is 6.08 Å². The molecule has 0 heterocycles. The Morgan fingerprint density at radius 1 is 1.46 bits per heavy atom. The average Bonchev–Trinajstić information content (AvgIpc) is 2.08. The number of rotatable bonds is 2. The maximum Gasteiger partial charge on any atom is 0.336 e. The molecule has 0 atom stereocenters. The third kappa shape index (κ3) is 1.87. The van der Waals surface area contributed by atoms with E-state index in [-0.39, 0.29) is 11.3 Å². The van der Waals surface area contributed by atoms with E-state index in [4.69, 9.17) is 5.11 Å². The largest absolute Gasteiger partial charge is 0.507 e. The zero-order chi connectivity index (χ0) is 9.84. The predicted molar refractivity (Wildman–Crippen MR) is 49.8 cm³/mol. The third-order valence-electron chi connectivity index (χ3n) is 1.65. The summed E-state index contributed by atoms with van der Waals surface area (Å²) in [5.74, 6) is -1.05. The summed E-state index contributed by atoms with van der Waals surface area (Å²) in [6.07, 6.45) is 3.25. The number of carboxylic acids is 1. The number of aromatic carboxylic acids is 1. The van der Waals surface area contributed by atoms with Crippen LogP contribution in [0, 0.1) is 0 Å². The Bertz CT molecular complexity index is 353. The molecule has 0 bridgehead atoms. The lowest BCUT2D eigenvalue weighted by atomic mass is 10.1. The highest BCUT2D eigenvalue weighted by Gasteiger charge is 2.10. The quantitative estimate of drug-likeness (QED) is 0.729. The summed E-state index contributed by atoms with van der Waals surface area (Å²) >= 11 is 0. The molecule has 0 aliphatic rings. The maximum absolute atomic E-state index is 10.7. The van der Waals surface area contributed by atoms with Crippen molar-refractivity contribution in [2.45, 2.75) is 6.92 Å². The maximum atomic E-state index is 10.7. The molecule has 13 heavy (non-hydrogen) atoms. The van der Waals surface area contributed by atoms with Crippen LogP contribution in [0.15, 0.2) is 24.3 Å². The minimum Gasteiger partial charge on any atom is -0.507 e. The van der Waals surface area contributed by atoms with E-state index >= 15 is 0 Å². The van der Waals surface area contributed by atoms with Gasteiger partial charge in [0.05, 0.1) is 5.56 Å². The molecule has 0 fully saturated rings. The zero-order valence-electron chi connectivity index (χ0n) is 7.19. The molecule has 0 unspecified atom stereocenters. The fourth-order valence-corrected chi connectivity index (χ4v) is 1.08. The number of carbonyl (C=O) groups is 1. The van der Waals surface area contributed by atoms with E-state index in [0.717, 1.165) is 0 Å². The van der Waals surface area contributed by atoms with Gasteiger partial charge in [-0.25, -0.2) is 4.79 Å². The number of benzene rings is 1. The van der Waals surface area contributed by atoms with Gasteiger partial charge in [0.15, 0.2) is 0 Å². The van der Waals surface area contributed by atoms with E-state index in [1.807, 2.05) is 0 Å². The van der Waals surface area contributed by atoms with Gasteiger partial charge in [-0.1, -0.05) is 18.2 Å². The summed E-state index contributed by atoms with van der Waals surface area (Å²) in [6, 6.07) is 4.42. The fraction of sp³-hybridized carbons (Fsp3) is 0.100. The van der Waals surface area contributed by atoms with Crippen molar-refractivity contribution in [3.63, 3.8) is 0 Å². The van der Waals surface area contributed by atoms with Crippen molar-refractivity contribution in [1.82, 2.24) is 0 Å². The Morgan fingerprint density at radius 2 is 2.15 bits per heavy atom. The first-order chi connectivity index (χ1) is 6.16. The second kappa shape index (κ2) is 3.76. The molecule has 2 N–H and O–H groups in total. The van der Waals surface area contributed by atoms with Crippen molar-refractivity contribution in [3.05, 3.63) is 35.4 Å². The van der Waals surface area contributed by atoms with Crippen molar-refractivity contribution in [2.24, 2.45) is 0 Å². The summed E-state index contributed by atoms with van der Waals surface area (Å²) in [5.41, 5.74) is 0.454. The van der Waals surface area contributed by atoms with Crippen LogP contribution in [0.3, 0.4) is 0 Å². The van der Waals surface area contributed by atoms with Gasteiger partial charge in [-0.3, -0.25) is 0 Å². The predicted octanol–water partition coefficient (Wildman–Crippen LogP) is 2.12. The SMILES string of the molecule is CC=Cc1c(O)cccc1C(=O)O. The molecule has 3 nitrogen and oxygen atoms in total. The first-order valence-electron chi connectivity index (χ1n) is 3.84. The molecular weight excluding hydrogens is 168 g/mol. The Labute approximate surface area is 76.0 Å². The normalized spacial score (nSPS) is 10.5. The lowest BCUT2D eigenvalue weighted by Gasteiger charge is -2.02. The molecule has 0 saturated carbocycles. The average molecular weight is 178 g/mol. The van der Waals surface area contributed by atoms with Crippen LogP contribution in [-0.4, -0.2) is 16.2 Å². The van der Waals surface area contributed by atoms with Crippen LogP contribution in [-0.2, 0) is 0 Å². The van der Waals surface area contributed by atoms with Gasteiger partial charge in [0.2, 0.25) is 0 Å². The number of aromatic hydroxyl groups is 1. The van der Waals surface area contributed by atoms with Gasteiger partial charge in [0.25, 0.3) is 0 Å². The van der Waals surface area contributed by atoms with Gasteiger partial charge >= 0.3 is 5.97 Å². The van der Waals surface area contributed by atoms with Crippen molar-refractivity contribution >= 4 is 12.0 Å². The minimum atomic E-state index is -1.04. The number of carboxylic acid groups (broad SMARTS) is 1. The second-order valence-electron chi connectivity index (χ2n) is 2.54. The summed E-state index contributed by atoms with van der Waals surface area (Å²) < 4.78 is 0. The van der Waals surface area contributed by atoms with Crippen LogP contribution in [0.1, 0.15) is 22.8 Å². The molecule has 68 valence electrons. The molecule has 0 aliphatic heterocycles. The number of phenolic OH excluding ortho intramolecular Hbond substituents is 1. The Hall–Kier alpha value is -1.77. The van der Waals surface area contributed by atoms with Crippen molar-refractivity contribution in [2.75, 3.05) is 0 Å². The highest BCUT2D eigenvalue weighted by Crippen LogP contribution is 2.22. The van der Waals surface area contributed by atoms with Crippen LogP contribution >= 0.6 is 0 Å². The standard InChI is InChI=1S/C10H10O3/c1-2-4-7-8(10(12)13)5-3-6-9(7)11/h2-6,11H,1H3,(H,12,13). The number of hydrogen-bond acceptors (Lipinski definition) is 2. The number of phenols is 1. The summed E-state index contributed by atoms with van der Waals surface area (Å²) in [7, 11) is 0. The van der Waals surface area contributed by atoms with Crippen LogP contribution in [0.4, 0.5) is 0 Å². The number of allylic oxidation sites excluding steroid dienone is 1. The van der Waals surface area contributed by atoms with Gasteiger partial charge in [-0.2, -0.15) is 0 Å². The highest BCUT2D eigenvalue weighted by molar-refractivity contribution is 5.93. The molecule has 1 rings (SSSR count). The van der Waals surface area contributed by atoms with E-state index < -0.39 is 5.97 Å². The molecule has 0 spiro atoms. The zero-order valence-corrected chi connectivity index (χ0v) is 7.19. The van der Waals surface area contributed by atoms with Gasteiger partial charge in [-0.05, 0) is 19.1 Å². The first kappa shape index (κ1) is 9.32. The fourth-order valence-electron chi connectivity index (χ4n) is 1.08. The van der Waals surface area contributed by atoms with Gasteiger partial charge in [0, 0.05) is 5.56 Å². The second-order valence-corrected chi connectivity index (χ2v) is 2.54. The van der Waals surface area contributed by atoms with E-state index in [1.165, 1.54) is 18.2 Å². The van der Waals surface area contributed by atoms with Gasteiger partial charge in [0.1, 0.15) is 5.75 Å². The molecule has 0 amide bonds. The molecule has 3 heteroatoms. The third-order valence-corrected chi connectivity index (χ3v) is 1.65. The summed E-state index contributed by atoms with van der Waals surface area (Å²) in [5, 5.41) is 18.1. The lowest BCUT2D eigenvalue weighted by Crippen LogP contribution is -1.99. The Morgan fingerprint density at radius 3 is 2.69 bits per heavy atom. The smallest absolute Gasteiger partial charge is 0.336 e. The summed E-state index contributed by atoms with van der Waals surface area (Å²) in [6.45, 7) is 1.76. The van der Waals surface area contributed by atoms with Crippen molar-refractivity contribution in [1.29, 1.82) is 0 Å². The Kier molecular flexibility index (Phi) is 2.69. The van der Waals surface area contributed by atoms with Crippen molar-refractivity contribution in [3.8, 4) is 5.75 Å². The Balaban J connectivity index is 3.33. The summed E-state index contributed by atoms with van der Waals surface area (Å²) in [4.78, 5) is 10.7. The van der Waals surface area contributed by atoms with Crippen molar-refractivity contribution < 1.29 is 15.0 Å². The van der Waals surface area contributed by atoms with E-state index in [0.29, 0.717) is 5.56 Å². The number of hydrogen-bond donors (Lipinski definition) is 2. The lowest BCUT2D eigenvalue weighted by molar-refractivity contribution is 0.0696. The minimum absolute atomic E-state index is 0.0157. The van der Waals surface area contributed by atoms with Crippen LogP contribution in [0.5, 0.6) is 5.75 Å². The molecule has 0 aromatic heterocycles. The van der Waals surface area contributed by atoms with Crippen LogP contribution < -0.4 is 0 Å². The van der Waals surface area contributed by atoms with Gasteiger partial charge in [-0.15, -0.1) is 0 Å². The first-order valence-corrected chi connectivity index (χ1v) is 3.84. The molecule has 1 aromatic rings. The molecule has 0 radical (unpaired) electrons. The van der Waals surface area contributed by atoms with Gasteiger partial charge < -0.3 is 10.2 Å². The van der Waals surface area contributed by atoms with E-state index in [2.05, 4.69) is 0 Å². The van der Waals surface area contributed by atoms with E-state index in [9.17, 15) is 9.90 Å². The molecule has 1 aromatic carbocycles. The highest BCUT2D eigenvalue weighted by atomic mass is 16.4. The topological polar surface area (TPSA) is 57.5 Å².